The lowest BCUT2D eigenvalue weighted by Gasteiger charge is -2.07. The van der Waals surface area contributed by atoms with Crippen molar-refractivity contribution in [2.45, 2.75) is 0 Å². The van der Waals surface area contributed by atoms with Crippen LogP contribution in [-0.4, -0.2) is 10.9 Å². The Kier molecular flexibility index (Phi) is 5.99. The average Bonchev–Trinajstić information content (AvgIpc) is 3.20. The third-order valence-electron chi connectivity index (χ3n) is 4.20. The van der Waals surface area contributed by atoms with E-state index >= 15 is 0 Å². The molecule has 4 nitrogen and oxygen atoms in total. The van der Waals surface area contributed by atoms with Gasteiger partial charge in [-0.3, -0.25) is 4.79 Å². The zero-order chi connectivity index (χ0) is 21.1. The third-order valence-corrected chi connectivity index (χ3v) is 5.52. The Morgan fingerprint density at radius 1 is 1.00 bits per heavy atom. The van der Waals surface area contributed by atoms with Crippen LogP contribution in [0.15, 0.2) is 72.1 Å². The largest absolute Gasteiger partial charge is 0.330 e. The van der Waals surface area contributed by atoms with Crippen molar-refractivity contribution in [2.75, 3.05) is 10.6 Å². The van der Waals surface area contributed by atoms with Crippen LogP contribution in [0.1, 0.15) is 10.4 Å². The fourth-order valence-electron chi connectivity index (χ4n) is 2.73. The molecule has 1 heterocycles. The molecule has 0 saturated carbocycles. The van der Waals surface area contributed by atoms with Gasteiger partial charge < -0.3 is 10.6 Å². The van der Waals surface area contributed by atoms with E-state index in [1.165, 1.54) is 35.6 Å². The number of carbonyl (C=O) groups is 1. The minimum atomic E-state index is -0.388. The summed E-state index contributed by atoms with van der Waals surface area (Å²) in [5.41, 5.74) is 3.25. The summed E-state index contributed by atoms with van der Waals surface area (Å²) in [5, 5.41) is 9.66. The van der Waals surface area contributed by atoms with E-state index in [4.69, 9.17) is 23.2 Å². The molecule has 3 aromatic carbocycles. The molecular formula is C22H14Cl2FN3OS. The first-order valence-corrected chi connectivity index (χ1v) is 10.5. The molecule has 0 spiro atoms. The van der Waals surface area contributed by atoms with Crippen molar-refractivity contribution >= 4 is 57.0 Å². The zero-order valence-corrected chi connectivity index (χ0v) is 17.7. The van der Waals surface area contributed by atoms with Gasteiger partial charge in [-0.2, -0.15) is 0 Å². The number of hydrogen-bond acceptors (Lipinski definition) is 4. The van der Waals surface area contributed by atoms with Crippen LogP contribution < -0.4 is 10.6 Å². The maximum atomic E-state index is 13.0. The molecule has 150 valence electrons. The third kappa shape index (κ3) is 4.79. The maximum absolute atomic E-state index is 13.0. The van der Waals surface area contributed by atoms with Crippen molar-refractivity contribution in [1.82, 2.24) is 4.98 Å². The molecule has 30 heavy (non-hydrogen) atoms. The monoisotopic (exact) mass is 457 g/mol. The second-order valence-corrected chi connectivity index (χ2v) is 8.03. The van der Waals surface area contributed by atoms with E-state index in [1.54, 1.807) is 24.3 Å². The molecule has 1 amide bonds. The Morgan fingerprint density at radius 2 is 1.80 bits per heavy atom. The highest BCUT2D eigenvalue weighted by Gasteiger charge is 2.10. The SMILES string of the molecule is O=C(Nc1cccc(-c2csc(Nc3cc(Cl)ccc3Cl)n2)c1)c1ccc(F)cc1. The Hall–Kier alpha value is -2.93. The van der Waals surface area contributed by atoms with Crippen molar-refractivity contribution in [3.8, 4) is 11.3 Å². The number of carbonyl (C=O) groups excluding carboxylic acids is 1. The first-order valence-electron chi connectivity index (χ1n) is 8.83. The van der Waals surface area contributed by atoms with E-state index in [9.17, 15) is 9.18 Å². The second-order valence-electron chi connectivity index (χ2n) is 6.33. The van der Waals surface area contributed by atoms with Crippen LogP contribution in [0.3, 0.4) is 0 Å². The van der Waals surface area contributed by atoms with Crippen molar-refractivity contribution in [3.63, 3.8) is 0 Å². The van der Waals surface area contributed by atoms with Gasteiger partial charge in [0.25, 0.3) is 5.91 Å². The van der Waals surface area contributed by atoms with E-state index in [1.807, 2.05) is 23.6 Å². The molecule has 0 unspecified atom stereocenters. The quantitative estimate of drug-likeness (QED) is 0.331. The molecule has 1 aromatic heterocycles. The normalized spacial score (nSPS) is 10.6. The number of anilines is 3. The van der Waals surface area contributed by atoms with Crippen LogP contribution in [0.4, 0.5) is 20.9 Å². The molecule has 0 radical (unpaired) electrons. The summed E-state index contributed by atoms with van der Waals surface area (Å²) in [4.78, 5) is 16.9. The number of halogens is 3. The molecule has 0 fully saturated rings. The molecule has 0 aliphatic rings. The number of rotatable bonds is 5. The van der Waals surface area contributed by atoms with E-state index in [0.29, 0.717) is 32.1 Å². The van der Waals surface area contributed by atoms with Gasteiger partial charge in [-0.15, -0.1) is 11.3 Å². The van der Waals surface area contributed by atoms with E-state index in [-0.39, 0.29) is 11.7 Å². The second kappa shape index (κ2) is 8.83. The molecule has 0 aliphatic carbocycles. The van der Waals surface area contributed by atoms with Crippen LogP contribution in [0.5, 0.6) is 0 Å². The number of nitrogens with zero attached hydrogens (tertiary/aromatic N) is 1. The topological polar surface area (TPSA) is 54.0 Å². The number of amides is 1. The Bertz CT molecular complexity index is 1210. The first kappa shape index (κ1) is 20.3. The fourth-order valence-corrected chi connectivity index (χ4v) is 3.80. The van der Waals surface area contributed by atoms with Gasteiger partial charge in [-0.05, 0) is 54.6 Å². The van der Waals surface area contributed by atoms with Crippen LogP contribution >= 0.6 is 34.5 Å². The Labute approximate surface area is 186 Å². The summed E-state index contributed by atoms with van der Waals surface area (Å²) >= 11 is 13.6. The number of aromatic nitrogens is 1. The van der Waals surface area contributed by atoms with Gasteiger partial charge in [0.2, 0.25) is 0 Å². The predicted octanol–water partition coefficient (Wildman–Crippen LogP) is 7.25. The smallest absolute Gasteiger partial charge is 0.255 e. The molecular weight excluding hydrogens is 444 g/mol. The highest BCUT2D eigenvalue weighted by Crippen LogP contribution is 2.32. The molecule has 8 heteroatoms. The van der Waals surface area contributed by atoms with Gasteiger partial charge in [-0.1, -0.05) is 35.3 Å². The lowest BCUT2D eigenvalue weighted by atomic mass is 10.1. The fraction of sp³-hybridized carbons (Fsp3) is 0. The highest BCUT2D eigenvalue weighted by molar-refractivity contribution is 7.14. The predicted molar refractivity (Wildman–Crippen MR) is 122 cm³/mol. The van der Waals surface area contributed by atoms with Crippen molar-refractivity contribution < 1.29 is 9.18 Å². The molecule has 2 N–H and O–H groups in total. The summed E-state index contributed by atoms with van der Waals surface area (Å²) in [6, 6.07) is 17.9. The standard InChI is InChI=1S/C22H14Cl2FN3OS/c23-15-6-9-18(24)19(11-15)27-22-28-20(12-30-22)14-2-1-3-17(10-14)26-21(29)13-4-7-16(25)8-5-13/h1-12H,(H,26,29)(H,27,28). The summed E-state index contributed by atoms with van der Waals surface area (Å²) < 4.78 is 13.0. The van der Waals surface area contributed by atoms with Gasteiger partial charge >= 0.3 is 0 Å². The lowest BCUT2D eigenvalue weighted by molar-refractivity contribution is 0.102. The van der Waals surface area contributed by atoms with Gasteiger partial charge in [-0.25, -0.2) is 9.37 Å². The van der Waals surface area contributed by atoms with E-state index in [0.717, 1.165) is 11.3 Å². The Morgan fingerprint density at radius 3 is 2.60 bits per heavy atom. The molecule has 0 saturated heterocycles. The molecule has 0 aliphatic heterocycles. The molecule has 4 rings (SSSR count). The number of benzene rings is 3. The number of nitrogens with one attached hydrogen (secondary N) is 2. The minimum Gasteiger partial charge on any atom is -0.330 e. The maximum Gasteiger partial charge on any atom is 0.255 e. The first-order chi connectivity index (χ1) is 14.5. The van der Waals surface area contributed by atoms with Crippen molar-refractivity contribution in [1.29, 1.82) is 0 Å². The minimum absolute atomic E-state index is 0.316. The summed E-state index contributed by atoms with van der Waals surface area (Å²) in [6.07, 6.45) is 0. The van der Waals surface area contributed by atoms with Crippen LogP contribution in [0.25, 0.3) is 11.3 Å². The summed E-state index contributed by atoms with van der Waals surface area (Å²) in [7, 11) is 0. The summed E-state index contributed by atoms with van der Waals surface area (Å²) in [5.74, 6) is -0.705. The number of hydrogen-bond donors (Lipinski definition) is 2. The van der Waals surface area contributed by atoms with E-state index in [2.05, 4.69) is 15.6 Å². The van der Waals surface area contributed by atoms with Crippen LogP contribution in [0, 0.1) is 5.82 Å². The van der Waals surface area contributed by atoms with Crippen LogP contribution in [0.2, 0.25) is 10.0 Å². The van der Waals surface area contributed by atoms with Crippen molar-refractivity contribution in [2.24, 2.45) is 0 Å². The Balaban J connectivity index is 1.51. The lowest BCUT2D eigenvalue weighted by Crippen LogP contribution is -2.11. The van der Waals surface area contributed by atoms with Gasteiger partial charge in [0.1, 0.15) is 5.82 Å². The molecule has 0 atom stereocenters. The molecule has 0 bridgehead atoms. The number of thiazole rings is 1. The summed E-state index contributed by atoms with van der Waals surface area (Å²) in [6.45, 7) is 0. The highest BCUT2D eigenvalue weighted by atomic mass is 35.5. The van der Waals surface area contributed by atoms with Gasteiger partial charge in [0.05, 0.1) is 16.4 Å². The molecule has 4 aromatic rings. The van der Waals surface area contributed by atoms with E-state index < -0.39 is 0 Å². The average molecular weight is 458 g/mol. The zero-order valence-electron chi connectivity index (χ0n) is 15.3. The van der Waals surface area contributed by atoms with Crippen molar-refractivity contribution in [3.05, 3.63) is 93.5 Å². The van der Waals surface area contributed by atoms with Gasteiger partial charge in [0.15, 0.2) is 5.13 Å². The van der Waals surface area contributed by atoms with Gasteiger partial charge in [0, 0.05) is 27.2 Å². The van der Waals surface area contributed by atoms with Crippen LogP contribution in [-0.2, 0) is 0 Å².